The molecule has 5 heteroatoms. The van der Waals surface area contributed by atoms with E-state index in [0.29, 0.717) is 19.0 Å². The third-order valence-corrected chi connectivity index (χ3v) is 5.75. The van der Waals surface area contributed by atoms with E-state index >= 15 is 0 Å². The number of likely N-dealkylation sites (tertiary alicyclic amines) is 1. The summed E-state index contributed by atoms with van der Waals surface area (Å²) in [5, 5.41) is 3.37. The molecule has 142 valence electrons. The van der Waals surface area contributed by atoms with Crippen LogP contribution < -0.4 is 5.32 Å². The molecular weight excluding hydrogens is 326 g/mol. The molecule has 0 aliphatic carbocycles. The Hall–Kier alpha value is -1.88. The maximum absolute atomic E-state index is 13.2. The van der Waals surface area contributed by atoms with Crippen molar-refractivity contribution in [2.75, 3.05) is 26.2 Å². The monoisotopic (exact) mass is 357 g/mol. The van der Waals surface area contributed by atoms with Crippen LogP contribution in [0.25, 0.3) is 0 Å². The summed E-state index contributed by atoms with van der Waals surface area (Å²) < 4.78 is 0. The van der Waals surface area contributed by atoms with Gasteiger partial charge in [-0.1, -0.05) is 37.3 Å². The molecule has 2 atom stereocenters. The lowest BCUT2D eigenvalue weighted by atomic mass is 10.0. The smallest absolute Gasteiger partial charge is 0.228 e. The number of rotatable bonds is 6. The molecule has 1 aromatic rings. The third-order valence-electron chi connectivity index (χ3n) is 5.75. The molecule has 0 bridgehead atoms. The van der Waals surface area contributed by atoms with Crippen LogP contribution in [0.4, 0.5) is 0 Å². The van der Waals surface area contributed by atoms with Crippen LogP contribution in [0.3, 0.4) is 0 Å². The Morgan fingerprint density at radius 1 is 1.27 bits per heavy atom. The van der Waals surface area contributed by atoms with Crippen LogP contribution in [0.15, 0.2) is 30.3 Å². The van der Waals surface area contributed by atoms with Crippen LogP contribution in [0.2, 0.25) is 0 Å². The zero-order chi connectivity index (χ0) is 18.5. The van der Waals surface area contributed by atoms with E-state index in [1.165, 1.54) is 0 Å². The van der Waals surface area contributed by atoms with Gasteiger partial charge in [-0.3, -0.25) is 9.59 Å². The van der Waals surface area contributed by atoms with Gasteiger partial charge in [-0.05, 0) is 44.8 Å². The van der Waals surface area contributed by atoms with Gasteiger partial charge in [-0.25, -0.2) is 0 Å². The Balaban J connectivity index is 1.68. The number of carbonyl (C=O) groups is 2. The summed E-state index contributed by atoms with van der Waals surface area (Å²) in [6, 6.07) is 10.4. The molecule has 2 aliphatic rings. The first-order valence-corrected chi connectivity index (χ1v) is 9.97. The largest absolute Gasteiger partial charge is 0.339 e. The van der Waals surface area contributed by atoms with E-state index < -0.39 is 0 Å². The third kappa shape index (κ3) is 4.09. The maximum atomic E-state index is 13.2. The fraction of sp³-hybridized carbons (Fsp3) is 0.619. The molecule has 2 heterocycles. The zero-order valence-corrected chi connectivity index (χ0v) is 16.0. The highest BCUT2D eigenvalue weighted by atomic mass is 16.2. The second-order valence-electron chi connectivity index (χ2n) is 7.55. The summed E-state index contributed by atoms with van der Waals surface area (Å²) in [6.07, 6.45) is 3.33. The Bertz CT molecular complexity index is 613. The first-order valence-electron chi connectivity index (χ1n) is 9.97. The second-order valence-corrected chi connectivity index (χ2v) is 7.55. The summed E-state index contributed by atoms with van der Waals surface area (Å²) in [5.74, 6) is 0.0754. The van der Waals surface area contributed by atoms with Crippen molar-refractivity contribution in [3.05, 3.63) is 35.9 Å². The highest BCUT2D eigenvalue weighted by Gasteiger charge is 2.40. The van der Waals surface area contributed by atoms with Crippen molar-refractivity contribution in [1.29, 1.82) is 0 Å². The predicted octanol–water partition coefficient (Wildman–Crippen LogP) is 2.59. The summed E-state index contributed by atoms with van der Waals surface area (Å²) >= 11 is 0. The molecule has 5 nitrogen and oxygen atoms in total. The number of hydrogen-bond donors (Lipinski definition) is 1. The van der Waals surface area contributed by atoms with E-state index in [9.17, 15) is 9.59 Å². The van der Waals surface area contributed by atoms with Crippen molar-refractivity contribution >= 4 is 11.8 Å². The standard InChI is InChI=1S/C21H31N3O2/c1-3-13-23(19-9-11-22-12-10-19)21(26)18-14-20(25)24(15-18)16(2)17-7-5-4-6-8-17/h4-8,16,18-19,22H,3,9-15H2,1-2H3. The van der Waals surface area contributed by atoms with Crippen LogP contribution in [-0.2, 0) is 9.59 Å². The lowest BCUT2D eigenvalue weighted by Crippen LogP contribution is -2.48. The number of benzene rings is 1. The quantitative estimate of drug-likeness (QED) is 0.851. The van der Waals surface area contributed by atoms with E-state index in [0.717, 1.165) is 44.5 Å². The molecule has 2 unspecified atom stereocenters. The SMILES string of the molecule is CCCN(C(=O)C1CC(=O)N(C(C)c2ccccc2)C1)C1CCNCC1. The highest BCUT2D eigenvalue weighted by molar-refractivity contribution is 5.89. The molecule has 0 spiro atoms. The summed E-state index contributed by atoms with van der Waals surface area (Å²) in [7, 11) is 0. The summed E-state index contributed by atoms with van der Waals surface area (Å²) in [5.41, 5.74) is 1.12. The van der Waals surface area contributed by atoms with Gasteiger partial charge in [-0.2, -0.15) is 0 Å². The molecule has 2 aliphatic heterocycles. The van der Waals surface area contributed by atoms with Crippen LogP contribution >= 0.6 is 0 Å². The molecule has 26 heavy (non-hydrogen) atoms. The van der Waals surface area contributed by atoms with Crippen molar-refractivity contribution in [1.82, 2.24) is 15.1 Å². The molecule has 3 rings (SSSR count). The molecule has 0 saturated carbocycles. The summed E-state index contributed by atoms with van der Waals surface area (Å²) in [4.78, 5) is 29.8. The van der Waals surface area contributed by atoms with Crippen molar-refractivity contribution in [3.8, 4) is 0 Å². The number of piperidine rings is 1. The first kappa shape index (κ1) is 18.9. The number of nitrogens with one attached hydrogen (secondary N) is 1. The Labute approximate surface area is 156 Å². The predicted molar refractivity (Wildman–Crippen MR) is 103 cm³/mol. The van der Waals surface area contributed by atoms with Gasteiger partial charge < -0.3 is 15.1 Å². The van der Waals surface area contributed by atoms with E-state index in [2.05, 4.69) is 24.1 Å². The minimum absolute atomic E-state index is 0.0139. The molecule has 2 saturated heterocycles. The van der Waals surface area contributed by atoms with Crippen LogP contribution in [0.5, 0.6) is 0 Å². The van der Waals surface area contributed by atoms with E-state index in [4.69, 9.17) is 0 Å². The zero-order valence-electron chi connectivity index (χ0n) is 16.0. The lowest BCUT2D eigenvalue weighted by Gasteiger charge is -2.36. The Kier molecular flexibility index (Phi) is 6.30. The Morgan fingerprint density at radius 3 is 2.62 bits per heavy atom. The summed E-state index contributed by atoms with van der Waals surface area (Å²) in [6.45, 7) is 7.45. The lowest BCUT2D eigenvalue weighted by molar-refractivity contribution is -0.138. The van der Waals surface area contributed by atoms with Gasteiger partial charge in [0.2, 0.25) is 11.8 Å². The van der Waals surface area contributed by atoms with E-state index in [1.807, 2.05) is 35.2 Å². The molecule has 1 aromatic carbocycles. The minimum atomic E-state index is -0.199. The normalized spacial score (nSPS) is 22.5. The molecular formula is C21H31N3O2. The van der Waals surface area contributed by atoms with Crippen LogP contribution in [0.1, 0.15) is 51.1 Å². The molecule has 2 fully saturated rings. The molecule has 1 N–H and O–H groups in total. The second kappa shape index (κ2) is 8.67. The van der Waals surface area contributed by atoms with E-state index in [1.54, 1.807) is 0 Å². The average molecular weight is 357 g/mol. The molecule has 0 radical (unpaired) electrons. The first-order chi connectivity index (χ1) is 12.6. The number of nitrogens with zero attached hydrogens (tertiary/aromatic N) is 2. The van der Waals surface area contributed by atoms with Crippen molar-refractivity contribution in [2.45, 2.75) is 51.6 Å². The molecule has 0 aromatic heterocycles. The minimum Gasteiger partial charge on any atom is -0.339 e. The van der Waals surface area contributed by atoms with Gasteiger partial charge in [0, 0.05) is 25.6 Å². The van der Waals surface area contributed by atoms with Gasteiger partial charge in [0.15, 0.2) is 0 Å². The van der Waals surface area contributed by atoms with Crippen molar-refractivity contribution in [2.24, 2.45) is 5.92 Å². The highest BCUT2D eigenvalue weighted by Crippen LogP contribution is 2.30. The maximum Gasteiger partial charge on any atom is 0.228 e. The Morgan fingerprint density at radius 2 is 1.96 bits per heavy atom. The fourth-order valence-electron chi connectivity index (χ4n) is 4.25. The number of hydrogen-bond acceptors (Lipinski definition) is 3. The van der Waals surface area contributed by atoms with Gasteiger partial charge in [-0.15, -0.1) is 0 Å². The van der Waals surface area contributed by atoms with Gasteiger partial charge >= 0.3 is 0 Å². The van der Waals surface area contributed by atoms with Gasteiger partial charge in [0.25, 0.3) is 0 Å². The van der Waals surface area contributed by atoms with Crippen LogP contribution in [0, 0.1) is 5.92 Å². The van der Waals surface area contributed by atoms with Gasteiger partial charge in [0.1, 0.15) is 0 Å². The fourth-order valence-corrected chi connectivity index (χ4v) is 4.25. The van der Waals surface area contributed by atoms with Crippen LogP contribution in [-0.4, -0.2) is 53.8 Å². The van der Waals surface area contributed by atoms with Crippen molar-refractivity contribution < 1.29 is 9.59 Å². The average Bonchev–Trinajstić information content (AvgIpc) is 3.08. The van der Waals surface area contributed by atoms with E-state index in [-0.39, 0.29) is 23.8 Å². The topological polar surface area (TPSA) is 52.7 Å². The molecule has 2 amide bonds. The van der Waals surface area contributed by atoms with Crippen molar-refractivity contribution in [3.63, 3.8) is 0 Å². The van der Waals surface area contributed by atoms with Gasteiger partial charge in [0.05, 0.1) is 12.0 Å². The number of carbonyl (C=O) groups excluding carboxylic acids is 2. The number of amides is 2.